The molecule has 0 aromatic heterocycles. The number of ether oxygens (including phenoxy) is 3. The van der Waals surface area contributed by atoms with Gasteiger partial charge >= 0.3 is 0 Å². The molecule has 0 bridgehead atoms. The first-order valence-corrected chi connectivity index (χ1v) is 8.08. The van der Waals surface area contributed by atoms with E-state index in [0.29, 0.717) is 29.2 Å². The molecule has 0 atom stereocenters. The minimum atomic E-state index is 0. The SMILES string of the molecule is CN=C(NCCC(C)(C)C)NCc1cc(OC)c(OC)c(OC)c1.I. The molecule has 1 rings (SSSR count). The lowest BCUT2D eigenvalue weighted by Gasteiger charge is -2.20. The predicted octanol–water partition coefficient (Wildman–Crippen LogP) is 3.43. The van der Waals surface area contributed by atoms with Crippen LogP contribution in [0, 0.1) is 5.41 Å². The van der Waals surface area contributed by atoms with Crippen molar-refractivity contribution in [3.8, 4) is 17.2 Å². The summed E-state index contributed by atoms with van der Waals surface area (Å²) in [5, 5.41) is 6.63. The Morgan fingerprint density at radius 3 is 1.96 bits per heavy atom. The smallest absolute Gasteiger partial charge is 0.203 e. The summed E-state index contributed by atoms with van der Waals surface area (Å²) >= 11 is 0. The highest BCUT2D eigenvalue weighted by Gasteiger charge is 2.13. The number of aliphatic imine (C=N–C) groups is 1. The van der Waals surface area contributed by atoms with Crippen LogP contribution in [0.4, 0.5) is 0 Å². The molecule has 0 aliphatic rings. The number of nitrogens with zero attached hydrogens (tertiary/aromatic N) is 1. The Morgan fingerprint density at radius 1 is 1.00 bits per heavy atom. The van der Waals surface area contributed by atoms with E-state index in [1.54, 1.807) is 28.4 Å². The number of rotatable bonds is 7. The van der Waals surface area contributed by atoms with Crippen molar-refractivity contribution in [1.29, 1.82) is 0 Å². The molecule has 1 aromatic rings. The summed E-state index contributed by atoms with van der Waals surface area (Å²) in [4.78, 5) is 4.25. The van der Waals surface area contributed by atoms with Gasteiger partial charge in [0.1, 0.15) is 0 Å². The lowest BCUT2D eigenvalue weighted by Crippen LogP contribution is -2.38. The predicted molar refractivity (Wildman–Crippen MR) is 114 cm³/mol. The van der Waals surface area contributed by atoms with Gasteiger partial charge in [-0.1, -0.05) is 20.8 Å². The van der Waals surface area contributed by atoms with Gasteiger partial charge in [-0.3, -0.25) is 4.99 Å². The normalized spacial score (nSPS) is 11.4. The molecular formula is C18H32IN3O3. The standard InChI is InChI=1S/C18H31N3O3.HI/c1-18(2,3)8-9-20-17(19-4)21-12-13-10-14(22-5)16(24-7)15(11-13)23-6;/h10-11H,8-9,12H2,1-7H3,(H2,19,20,21);1H. The first-order chi connectivity index (χ1) is 11.3. The molecule has 0 fully saturated rings. The summed E-state index contributed by atoms with van der Waals surface area (Å²) in [6.45, 7) is 8.15. The number of hydrogen-bond donors (Lipinski definition) is 2. The zero-order valence-electron chi connectivity index (χ0n) is 16.4. The molecular weight excluding hydrogens is 433 g/mol. The summed E-state index contributed by atoms with van der Waals surface area (Å²) in [7, 11) is 6.59. The fourth-order valence-electron chi connectivity index (χ4n) is 2.20. The third kappa shape index (κ3) is 8.02. The van der Waals surface area contributed by atoms with Crippen LogP contribution in [0.2, 0.25) is 0 Å². The largest absolute Gasteiger partial charge is 0.493 e. The van der Waals surface area contributed by atoms with Crippen LogP contribution in [0.3, 0.4) is 0 Å². The second kappa shape index (κ2) is 11.3. The lowest BCUT2D eigenvalue weighted by molar-refractivity contribution is 0.323. The van der Waals surface area contributed by atoms with Crippen molar-refractivity contribution in [2.24, 2.45) is 10.4 Å². The van der Waals surface area contributed by atoms with Crippen molar-refractivity contribution in [1.82, 2.24) is 10.6 Å². The molecule has 1 aromatic carbocycles. The summed E-state index contributed by atoms with van der Waals surface area (Å²) in [5.74, 6) is 2.65. The van der Waals surface area contributed by atoms with Gasteiger partial charge < -0.3 is 24.8 Å². The molecule has 0 radical (unpaired) electrons. The van der Waals surface area contributed by atoms with E-state index in [1.165, 1.54) is 0 Å². The Labute approximate surface area is 168 Å². The van der Waals surface area contributed by atoms with Gasteiger partial charge in [-0.2, -0.15) is 0 Å². The lowest BCUT2D eigenvalue weighted by atomic mass is 9.92. The van der Waals surface area contributed by atoms with Gasteiger partial charge in [0.25, 0.3) is 0 Å². The van der Waals surface area contributed by atoms with E-state index in [1.807, 2.05) is 12.1 Å². The average Bonchev–Trinajstić information content (AvgIpc) is 2.55. The van der Waals surface area contributed by atoms with Crippen LogP contribution in [-0.2, 0) is 6.54 Å². The summed E-state index contributed by atoms with van der Waals surface area (Å²) in [5.41, 5.74) is 1.31. The zero-order chi connectivity index (χ0) is 18.2. The average molecular weight is 465 g/mol. The van der Waals surface area contributed by atoms with E-state index in [9.17, 15) is 0 Å². The monoisotopic (exact) mass is 465 g/mol. The van der Waals surface area contributed by atoms with Crippen LogP contribution in [0.5, 0.6) is 17.2 Å². The van der Waals surface area contributed by atoms with Gasteiger partial charge in [0.15, 0.2) is 17.5 Å². The van der Waals surface area contributed by atoms with Gasteiger partial charge in [-0.05, 0) is 29.5 Å². The fourth-order valence-corrected chi connectivity index (χ4v) is 2.20. The highest BCUT2D eigenvalue weighted by molar-refractivity contribution is 14.0. The molecule has 2 N–H and O–H groups in total. The Kier molecular flexibility index (Phi) is 10.7. The number of halogens is 1. The number of guanidine groups is 1. The molecule has 25 heavy (non-hydrogen) atoms. The van der Waals surface area contributed by atoms with E-state index >= 15 is 0 Å². The maximum Gasteiger partial charge on any atom is 0.203 e. The molecule has 0 aliphatic carbocycles. The zero-order valence-corrected chi connectivity index (χ0v) is 18.7. The van der Waals surface area contributed by atoms with Crippen LogP contribution < -0.4 is 24.8 Å². The summed E-state index contributed by atoms with van der Waals surface area (Å²) in [6.07, 6.45) is 1.07. The van der Waals surface area contributed by atoms with E-state index in [2.05, 4.69) is 36.4 Å². The Hall–Kier alpha value is -1.38. The Bertz CT molecular complexity index is 532. The molecule has 144 valence electrons. The van der Waals surface area contributed by atoms with Crippen LogP contribution >= 0.6 is 24.0 Å². The van der Waals surface area contributed by atoms with E-state index in [0.717, 1.165) is 24.5 Å². The number of nitrogens with one attached hydrogen (secondary N) is 2. The quantitative estimate of drug-likeness (QED) is 0.367. The highest BCUT2D eigenvalue weighted by atomic mass is 127. The van der Waals surface area contributed by atoms with Gasteiger partial charge in [0, 0.05) is 20.1 Å². The van der Waals surface area contributed by atoms with Crippen molar-refractivity contribution in [2.75, 3.05) is 34.9 Å². The van der Waals surface area contributed by atoms with Crippen molar-refractivity contribution in [2.45, 2.75) is 33.7 Å². The number of benzene rings is 1. The third-order valence-corrected chi connectivity index (χ3v) is 3.58. The molecule has 0 unspecified atom stereocenters. The number of methoxy groups -OCH3 is 3. The van der Waals surface area contributed by atoms with E-state index < -0.39 is 0 Å². The summed E-state index contributed by atoms with van der Waals surface area (Å²) < 4.78 is 16.1. The Morgan fingerprint density at radius 2 is 1.56 bits per heavy atom. The van der Waals surface area contributed by atoms with Gasteiger partial charge in [0.2, 0.25) is 5.75 Å². The second-order valence-electron chi connectivity index (χ2n) is 6.70. The van der Waals surface area contributed by atoms with Gasteiger partial charge in [0.05, 0.1) is 21.3 Å². The fraction of sp³-hybridized carbons (Fsp3) is 0.611. The van der Waals surface area contributed by atoms with Crippen LogP contribution in [0.1, 0.15) is 32.8 Å². The highest BCUT2D eigenvalue weighted by Crippen LogP contribution is 2.38. The first kappa shape index (κ1) is 23.6. The molecule has 0 heterocycles. The molecule has 0 aliphatic heterocycles. The van der Waals surface area contributed by atoms with E-state index in [4.69, 9.17) is 14.2 Å². The van der Waals surface area contributed by atoms with Crippen molar-refractivity contribution < 1.29 is 14.2 Å². The topological polar surface area (TPSA) is 64.1 Å². The van der Waals surface area contributed by atoms with Gasteiger partial charge in [-0.25, -0.2) is 0 Å². The molecule has 0 amide bonds. The molecule has 0 saturated heterocycles. The summed E-state index contributed by atoms with van der Waals surface area (Å²) in [6, 6.07) is 3.85. The maximum atomic E-state index is 5.38. The molecule has 0 spiro atoms. The van der Waals surface area contributed by atoms with Crippen LogP contribution in [-0.4, -0.2) is 40.9 Å². The minimum absolute atomic E-state index is 0. The van der Waals surface area contributed by atoms with Crippen LogP contribution in [0.25, 0.3) is 0 Å². The van der Waals surface area contributed by atoms with Crippen LogP contribution in [0.15, 0.2) is 17.1 Å². The first-order valence-electron chi connectivity index (χ1n) is 8.08. The molecule has 6 nitrogen and oxygen atoms in total. The molecule has 0 saturated carbocycles. The maximum absolute atomic E-state index is 5.38. The van der Waals surface area contributed by atoms with E-state index in [-0.39, 0.29) is 24.0 Å². The third-order valence-electron chi connectivity index (χ3n) is 3.58. The van der Waals surface area contributed by atoms with Gasteiger partial charge in [-0.15, -0.1) is 24.0 Å². The van der Waals surface area contributed by atoms with Crippen molar-refractivity contribution >= 4 is 29.9 Å². The van der Waals surface area contributed by atoms with Crippen molar-refractivity contribution in [3.05, 3.63) is 17.7 Å². The molecule has 7 heteroatoms. The second-order valence-corrected chi connectivity index (χ2v) is 6.70. The van der Waals surface area contributed by atoms with Crippen molar-refractivity contribution in [3.63, 3.8) is 0 Å². The minimum Gasteiger partial charge on any atom is -0.493 e. The Balaban J connectivity index is 0.00000576. The number of hydrogen-bond acceptors (Lipinski definition) is 4.